The monoisotopic (exact) mass is 238 g/mol. The molecular weight excluding hydrogens is 228 g/mol. The standard InChI is InChI=1S/C15H10O3/c16-8-9-5-6-12-13(7-9)15(18)11-4-2-1-3-10(11)14(12)17/h1-8,17-18H. The summed E-state index contributed by atoms with van der Waals surface area (Å²) in [4.78, 5) is 10.8. The molecule has 0 amide bonds. The molecule has 0 fully saturated rings. The average molecular weight is 238 g/mol. The van der Waals surface area contributed by atoms with Crippen LogP contribution in [0.25, 0.3) is 21.5 Å². The van der Waals surface area contributed by atoms with Crippen LogP contribution in [0.4, 0.5) is 0 Å². The van der Waals surface area contributed by atoms with E-state index in [9.17, 15) is 15.0 Å². The van der Waals surface area contributed by atoms with E-state index >= 15 is 0 Å². The van der Waals surface area contributed by atoms with Crippen molar-refractivity contribution >= 4 is 27.8 Å². The Bertz CT molecular complexity index is 775. The first-order chi connectivity index (χ1) is 8.72. The van der Waals surface area contributed by atoms with Crippen molar-refractivity contribution in [2.75, 3.05) is 0 Å². The van der Waals surface area contributed by atoms with Crippen LogP contribution in [0.5, 0.6) is 11.5 Å². The molecule has 3 aromatic carbocycles. The van der Waals surface area contributed by atoms with Gasteiger partial charge in [0.05, 0.1) is 0 Å². The normalized spacial score (nSPS) is 10.9. The maximum atomic E-state index is 10.8. The molecule has 0 aromatic heterocycles. The molecule has 0 aliphatic rings. The fourth-order valence-corrected chi connectivity index (χ4v) is 2.22. The number of phenols is 2. The molecule has 2 N–H and O–H groups in total. The quantitative estimate of drug-likeness (QED) is 0.389. The predicted octanol–water partition coefficient (Wildman–Crippen LogP) is 3.22. The Morgan fingerprint density at radius 2 is 1.33 bits per heavy atom. The molecule has 0 heterocycles. The van der Waals surface area contributed by atoms with Gasteiger partial charge in [-0.1, -0.05) is 30.3 Å². The average Bonchev–Trinajstić information content (AvgIpc) is 2.44. The molecule has 3 nitrogen and oxygen atoms in total. The van der Waals surface area contributed by atoms with Crippen LogP contribution in [0.15, 0.2) is 42.5 Å². The first-order valence-corrected chi connectivity index (χ1v) is 5.54. The van der Waals surface area contributed by atoms with E-state index in [1.807, 2.05) is 0 Å². The minimum Gasteiger partial charge on any atom is -0.507 e. The number of aldehydes is 1. The fourth-order valence-electron chi connectivity index (χ4n) is 2.22. The summed E-state index contributed by atoms with van der Waals surface area (Å²) in [5, 5.41) is 22.6. The van der Waals surface area contributed by atoms with Crippen molar-refractivity contribution in [2.24, 2.45) is 0 Å². The van der Waals surface area contributed by atoms with E-state index in [0.717, 1.165) is 0 Å². The van der Waals surface area contributed by atoms with E-state index in [-0.39, 0.29) is 11.5 Å². The first kappa shape index (κ1) is 10.6. The van der Waals surface area contributed by atoms with Gasteiger partial charge in [0.1, 0.15) is 17.8 Å². The van der Waals surface area contributed by atoms with Crippen LogP contribution in [0.1, 0.15) is 10.4 Å². The number of hydrogen-bond donors (Lipinski definition) is 2. The summed E-state index contributed by atoms with van der Waals surface area (Å²) in [5.74, 6) is 0.206. The lowest BCUT2D eigenvalue weighted by molar-refractivity contribution is 0.112. The maximum Gasteiger partial charge on any atom is 0.150 e. The molecule has 0 saturated heterocycles. The third-order valence-electron chi connectivity index (χ3n) is 3.13. The van der Waals surface area contributed by atoms with Gasteiger partial charge < -0.3 is 10.2 Å². The number of carbonyl (C=O) groups is 1. The number of carbonyl (C=O) groups excluding carboxylic acids is 1. The van der Waals surface area contributed by atoms with Crippen molar-refractivity contribution in [3.63, 3.8) is 0 Å². The number of benzene rings is 3. The lowest BCUT2D eigenvalue weighted by Crippen LogP contribution is -1.84. The summed E-state index contributed by atoms with van der Waals surface area (Å²) >= 11 is 0. The molecule has 0 aliphatic carbocycles. The molecule has 3 aromatic rings. The summed E-state index contributed by atoms with van der Waals surface area (Å²) in [6.07, 6.45) is 0.713. The van der Waals surface area contributed by atoms with E-state index < -0.39 is 0 Å². The highest BCUT2D eigenvalue weighted by Crippen LogP contribution is 2.41. The molecule has 0 radical (unpaired) electrons. The highest BCUT2D eigenvalue weighted by atomic mass is 16.3. The van der Waals surface area contributed by atoms with Crippen LogP contribution < -0.4 is 0 Å². The summed E-state index contributed by atoms with van der Waals surface area (Å²) in [5.41, 5.74) is 0.465. The van der Waals surface area contributed by atoms with Crippen LogP contribution in [-0.2, 0) is 0 Å². The number of hydrogen-bond acceptors (Lipinski definition) is 3. The van der Waals surface area contributed by atoms with Crippen molar-refractivity contribution in [1.29, 1.82) is 0 Å². The minimum atomic E-state index is 0.0853. The number of aromatic hydroxyl groups is 2. The van der Waals surface area contributed by atoms with Crippen LogP contribution in [0, 0.1) is 0 Å². The molecule has 18 heavy (non-hydrogen) atoms. The largest absolute Gasteiger partial charge is 0.507 e. The molecule has 0 unspecified atom stereocenters. The van der Waals surface area contributed by atoms with Crippen LogP contribution in [0.3, 0.4) is 0 Å². The fraction of sp³-hybridized carbons (Fsp3) is 0. The van der Waals surface area contributed by atoms with Crippen molar-refractivity contribution in [3.8, 4) is 11.5 Å². The van der Waals surface area contributed by atoms with Gasteiger partial charge in [-0.05, 0) is 12.1 Å². The Labute approximate surface area is 103 Å². The first-order valence-electron chi connectivity index (χ1n) is 5.54. The second-order valence-electron chi connectivity index (χ2n) is 4.17. The number of fused-ring (bicyclic) bond motifs is 2. The van der Waals surface area contributed by atoms with Gasteiger partial charge in [-0.15, -0.1) is 0 Å². The molecule has 0 bridgehead atoms. The highest BCUT2D eigenvalue weighted by molar-refractivity contribution is 6.11. The van der Waals surface area contributed by atoms with Gasteiger partial charge in [0.2, 0.25) is 0 Å². The van der Waals surface area contributed by atoms with Crippen LogP contribution in [-0.4, -0.2) is 16.5 Å². The molecule has 3 heteroatoms. The second-order valence-corrected chi connectivity index (χ2v) is 4.17. The smallest absolute Gasteiger partial charge is 0.150 e. The number of rotatable bonds is 1. The van der Waals surface area contributed by atoms with Gasteiger partial charge in [-0.3, -0.25) is 4.79 Å². The summed E-state index contributed by atoms with van der Waals surface area (Å²) in [6, 6.07) is 11.9. The summed E-state index contributed by atoms with van der Waals surface area (Å²) < 4.78 is 0. The van der Waals surface area contributed by atoms with Gasteiger partial charge in [0.15, 0.2) is 0 Å². The van der Waals surface area contributed by atoms with E-state index in [1.54, 1.807) is 42.5 Å². The second kappa shape index (κ2) is 3.74. The third-order valence-corrected chi connectivity index (χ3v) is 3.13. The Morgan fingerprint density at radius 3 is 1.94 bits per heavy atom. The Morgan fingerprint density at radius 1 is 0.778 bits per heavy atom. The zero-order valence-corrected chi connectivity index (χ0v) is 9.42. The van der Waals surface area contributed by atoms with Crippen molar-refractivity contribution in [1.82, 2.24) is 0 Å². The van der Waals surface area contributed by atoms with E-state index in [2.05, 4.69) is 0 Å². The minimum absolute atomic E-state index is 0.0853. The lowest BCUT2D eigenvalue weighted by Gasteiger charge is -2.09. The topological polar surface area (TPSA) is 57.5 Å². The third kappa shape index (κ3) is 1.34. The van der Waals surface area contributed by atoms with Gasteiger partial charge in [-0.2, -0.15) is 0 Å². The van der Waals surface area contributed by atoms with Gasteiger partial charge in [0, 0.05) is 27.1 Å². The van der Waals surface area contributed by atoms with Gasteiger partial charge >= 0.3 is 0 Å². The lowest BCUT2D eigenvalue weighted by atomic mass is 9.99. The van der Waals surface area contributed by atoms with Crippen molar-refractivity contribution in [3.05, 3.63) is 48.0 Å². The SMILES string of the molecule is O=Cc1ccc2c(O)c3ccccc3c(O)c2c1. The Kier molecular flexibility index (Phi) is 2.20. The number of phenolic OH excluding ortho intramolecular Hbond substituents is 2. The van der Waals surface area contributed by atoms with E-state index in [1.165, 1.54) is 0 Å². The molecular formula is C15H10O3. The highest BCUT2D eigenvalue weighted by Gasteiger charge is 2.12. The predicted molar refractivity (Wildman–Crippen MR) is 70.2 cm³/mol. The van der Waals surface area contributed by atoms with Crippen LogP contribution >= 0.6 is 0 Å². The van der Waals surface area contributed by atoms with Gasteiger partial charge in [0.25, 0.3) is 0 Å². The van der Waals surface area contributed by atoms with E-state index in [0.29, 0.717) is 33.4 Å². The maximum absolute atomic E-state index is 10.8. The Hall–Kier alpha value is -2.55. The molecule has 0 saturated carbocycles. The zero-order chi connectivity index (χ0) is 12.7. The summed E-state index contributed by atoms with van der Waals surface area (Å²) in [6.45, 7) is 0. The zero-order valence-electron chi connectivity index (χ0n) is 9.42. The Balaban J connectivity index is 2.58. The van der Waals surface area contributed by atoms with Crippen LogP contribution in [0.2, 0.25) is 0 Å². The molecule has 0 spiro atoms. The van der Waals surface area contributed by atoms with Crippen molar-refractivity contribution in [2.45, 2.75) is 0 Å². The van der Waals surface area contributed by atoms with Crippen molar-refractivity contribution < 1.29 is 15.0 Å². The molecule has 0 atom stereocenters. The van der Waals surface area contributed by atoms with E-state index in [4.69, 9.17) is 0 Å². The molecule has 0 aliphatic heterocycles. The summed E-state index contributed by atoms with van der Waals surface area (Å²) in [7, 11) is 0. The molecule has 3 rings (SSSR count). The van der Waals surface area contributed by atoms with Gasteiger partial charge in [-0.25, -0.2) is 0 Å². The molecule has 88 valence electrons.